The SMILES string of the molecule is C=Cc1nc2c(C)ccc(C)c2s1. The van der Waals surface area contributed by atoms with E-state index in [0.717, 1.165) is 10.5 Å². The third-order valence-corrected chi connectivity index (χ3v) is 3.32. The fourth-order valence-electron chi connectivity index (χ4n) is 1.36. The molecule has 2 aromatic rings. The first kappa shape index (κ1) is 8.45. The summed E-state index contributed by atoms with van der Waals surface area (Å²) in [5, 5.41) is 1.01. The quantitative estimate of drug-likeness (QED) is 0.668. The van der Waals surface area contributed by atoms with Crippen molar-refractivity contribution in [1.82, 2.24) is 4.98 Å². The zero-order chi connectivity index (χ0) is 9.42. The van der Waals surface area contributed by atoms with E-state index in [-0.39, 0.29) is 0 Å². The summed E-state index contributed by atoms with van der Waals surface area (Å²) in [6, 6.07) is 4.26. The molecule has 1 nitrogen and oxygen atoms in total. The molecule has 0 aliphatic carbocycles. The molecule has 2 rings (SSSR count). The molecular formula is C11H11NS. The highest BCUT2D eigenvalue weighted by molar-refractivity contribution is 7.19. The Morgan fingerprint density at radius 3 is 2.62 bits per heavy atom. The lowest BCUT2D eigenvalue weighted by atomic mass is 10.1. The van der Waals surface area contributed by atoms with Crippen molar-refractivity contribution in [2.45, 2.75) is 13.8 Å². The summed E-state index contributed by atoms with van der Waals surface area (Å²) in [6.45, 7) is 7.94. The monoisotopic (exact) mass is 189 g/mol. The molecule has 0 saturated heterocycles. The van der Waals surface area contributed by atoms with Crippen LogP contribution in [0.5, 0.6) is 0 Å². The first-order valence-electron chi connectivity index (χ1n) is 4.21. The Labute approximate surface area is 81.7 Å². The summed E-state index contributed by atoms with van der Waals surface area (Å²) in [5.74, 6) is 0. The second-order valence-corrected chi connectivity index (χ2v) is 4.16. The van der Waals surface area contributed by atoms with Crippen LogP contribution in [0, 0.1) is 13.8 Å². The van der Waals surface area contributed by atoms with Crippen LogP contribution in [-0.2, 0) is 0 Å². The maximum absolute atomic E-state index is 4.49. The van der Waals surface area contributed by atoms with Crippen LogP contribution in [0.2, 0.25) is 0 Å². The fourth-order valence-corrected chi connectivity index (χ4v) is 2.32. The molecule has 0 radical (unpaired) electrons. The van der Waals surface area contributed by atoms with Crippen LogP contribution in [0.4, 0.5) is 0 Å². The minimum atomic E-state index is 1.01. The molecular weight excluding hydrogens is 178 g/mol. The topological polar surface area (TPSA) is 12.9 Å². The summed E-state index contributed by atoms with van der Waals surface area (Å²) in [4.78, 5) is 4.49. The van der Waals surface area contributed by atoms with Crippen LogP contribution in [0.15, 0.2) is 18.7 Å². The van der Waals surface area contributed by atoms with Gasteiger partial charge in [0.05, 0.1) is 10.2 Å². The zero-order valence-corrected chi connectivity index (χ0v) is 8.61. The molecule has 0 spiro atoms. The summed E-state index contributed by atoms with van der Waals surface area (Å²) >= 11 is 1.71. The third kappa shape index (κ3) is 1.27. The van der Waals surface area contributed by atoms with Crippen LogP contribution in [0.1, 0.15) is 16.1 Å². The van der Waals surface area contributed by atoms with Gasteiger partial charge in [0.1, 0.15) is 5.01 Å². The molecule has 13 heavy (non-hydrogen) atoms. The largest absolute Gasteiger partial charge is 0.236 e. The van der Waals surface area contributed by atoms with Crippen molar-refractivity contribution in [3.63, 3.8) is 0 Å². The maximum atomic E-state index is 4.49. The maximum Gasteiger partial charge on any atom is 0.116 e. The molecule has 0 N–H and O–H groups in total. The number of benzene rings is 1. The van der Waals surface area contributed by atoms with Crippen molar-refractivity contribution in [3.8, 4) is 0 Å². The number of aromatic nitrogens is 1. The van der Waals surface area contributed by atoms with Gasteiger partial charge in [0.15, 0.2) is 0 Å². The van der Waals surface area contributed by atoms with Gasteiger partial charge in [-0.2, -0.15) is 0 Å². The van der Waals surface area contributed by atoms with Gasteiger partial charge in [-0.15, -0.1) is 11.3 Å². The molecule has 1 aromatic carbocycles. The Morgan fingerprint density at radius 2 is 2.00 bits per heavy atom. The molecule has 0 amide bonds. The Kier molecular flexibility index (Phi) is 1.93. The van der Waals surface area contributed by atoms with Crippen molar-refractivity contribution in [3.05, 3.63) is 34.8 Å². The van der Waals surface area contributed by atoms with E-state index < -0.39 is 0 Å². The highest BCUT2D eigenvalue weighted by atomic mass is 32.1. The van der Waals surface area contributed by atoms with Crippen LogP contribution < -0.4 is 0 Å². The van der Waals surface area contributed by atoms with Gasteiger partial charge in [0.25, 0.3) is 0 Å². The van der Waals surface area contributed by atoms with Crippen LogP contribution in [0.25, 0.3) is 16.3 Å². The van der Waals surface area contributed by atoms with Crippen LogP contribution in [-0.4, -0.2) is 4.98 Å². The molecule has 0 aliphatic rings. The van der Waals surface area contributed by atoms with Gasteiger partial charge in [-0.05, 0) is 31.1 Å². The molecule has 0 atom stereocenters. The van der Waals surface area contributed by atoms with Gasteiger partial charge < -0.3 is 0 Å². The van der Waals surface area contributed by atoms with E-state index in [9.17, 15) is 0 Å². The van der Waals surface area contributed by atoms with E-state index in [4.69, 9.17) is 0 Å². The van der Waals surface area contributed by atoms with E-state index in [2.05, 4.69) is 37.5 Å². The molecule has 1 aromatic heterocycles. The van der Waals surface area contributed by atoms with E-state index in [1.54, 1.807) is 11.3 Å². The zero-order valence-electron chi connectivity index (χ0n) is 7.79. The molecule has 0 aliphatic heterocycles. The number of hydrogen-bond donors (Lipinski definition) is 0. The Bertz CT molecular complexity index is 429. The van der Waals surface area contributed by atoms with Gasteiger partial charge in [-0.1, -0.05) is 18.7 Å². The Hall–Kier alpha value is -1.15. The number of nitrogens with zero attached hydrogens (tertiary/aromatic N) is 1. The summed E-state index contributed by atoms with van der Waals surface area (Å²) in [7, 11) is 0. The summed E-state index contributed by atoms with van der Waals surface area (Å²) in [5.41, 5.74) is 3.66. The van der Waals surface area contributed by atoms with E-state index in [1.807, 2.05) is 6.08 Å². The Morgan fingerprint density at radius 1 is 1.31 bits per heavy atom. The molecule has 0 unspecified atom stereocenters. The fraction of sp³-hybridized carbons (Fsp3) is 0.182. The normalized spacial score (nSPS) is 10.6. The highest BCUT2D eigenvalue weighted by Crippen LogP contribution is 2.28. The number of aryl methyl sites for hydroxylation is 2. The van der Waals surface area contributed by atoms with Crippen molar-refractivity contribution in [2.24, 2.45) is 0 Å². The summed E-state index contributed by atoms with van der Waals surface area (Å²) < 4.78 is 1.29. The molecule has 0 bridgehead atoms. The number of fused-ring (bicyclic) bond motifs is 1. The van der Waals surface area contributed by atoms with E-state index in [0.29, 0.717) is 0 Å². The minimum Gasteiger partial charge on any atom is -0.236 e. The van der Waals surface area contributed by atoms with E-state index in [1.165, 1.54) is 15.8 Å². The standard InChI is InChI=1S/C11H11NS/c1-4-9-12-10-7(2)5-6-8(3)11(10)13-9/h4-6H,1H2,2-3H3. The predicted octanol–water partition coefficient (Wildman–Crippen LogP) is 3.56. The third-order valence-electron chi connectivity index (χ3n) is 2.13. The number of rotatable bonds is 1. The van der Waals surface area contributed by atoms with Crippen molar-refractivity contribution >= 4 is 27.6 Å². The molecule has 0 saturated carbocycles. The van der Waals surface area contributed by atoms with E-state index >= 15 is 0 Å². The second kappa shape index (κ2) is 2.96. The van der Waals surface area contributed by atoms with Crippen molar-refractivity contribution in [2.75, 3.05) is 0 Å². The predicted molar refractivity (Wildman–Crippen MR) is 59.2 cm³/mol. The average molecular weight is 189 g/mol. The number of thiazole rings is 1. The second-order valence-electron chi connectivity index (χ2n) is 3.13. The minimum absolute atomic E-state index is 1.01. The Balaban J connectivity index is 2.87. The van der Waals surface area contributed by atoms with Gasteiger partial charge in [0.2, 0.25) is 0 Å². The van der Waals surface area contributed by atoms with Crippen molar-refractivity contribution in [1.29, 1.82) is 0 Å². The first-order chi connectivity index (χ1) is 6.22. The van der Waals surface area contributed by atoms with Gasteiger partial charge in [0, 0.05) is 0 Å². The molecule has 66 valence electrons. The summed E-state index contributed by atoms with van der Waals surface area (Å²) in [6.07, 6.45) is 1.81. The van der Waals surface area contributed by atoms with Crippen LogP contribution >= 0.6 is 11.3 Å². The molecule has 0 fully saturated rings. The van der Waals surface area contributed by atoms with Gasteiger partial charge in [-0.3, -0.25) is 0 Å². The average Bonchev–Trinajstić information content (AvgIpc) is 2.56. The lowest BCUT2D eigenvalue weighted by molar-refractivity contribution is 1.39. The van der Waals surface area contributed by atoms with Crippen molar-refractivity contribution < 1.29 is 0 Å². The van der Waals surface area contributed by atoms with Gasteiger partial charge in [-0.25, -0.2) is 4.98 Å². The molecule has 2 heteroatoms. The smallest absolute Gasteiger partial charge is 0.116 e. The number of hydrogen-bond acceptors (Lipinski definition) is 2. The van der Waals surface area contributed by atoms with Crippen LogP contribution in [0.3, 0.4) is 0 Å². The lowest BCUT2D eigenvalue weighted by Crippen LogP contribution is -1.78. The van der Waals surface area contributed by atoms with Gasteiger partial charge >= 0.3 is 0 Å². The molecule has 1 heterocycles. The highest BCUT2D eigenvalue weighted by Gasteiger charge is 2.05. The first-order valence-corrected chi connectivity index (χ1v) is 5.03. The lowest BCUT2D eigenvalue weighted by Gasteiger charge is -1.96.